The highest BCUT2D eigenvalue weighted by molar-refractivity contribution is 6.99. The fourth-order valence-corrected chi connectivity index (χ4v) is 27.6. The molecule has 132 heavy (non-hydrogen) atoms. The molecule has 6 heterocycles. The van der Waals surface area contributed by atoms with Crippen LogP contribution in [0.3, 0.4) is 0 Å². The zero-order valence-corrected chi connectivity index (χ0v) is 75.7. The molecule has 1 saturated carbocycles. The van der Waals surface area contributed by atoms with Gasteiger partial charge in [-0.05, 0) is 65.9 Å². The molecule has 1 aliphatic carbocycles. The number of alkyl carbamates (subject to hydrolysis) is 4. The molecule has 30 heteroatoms. The molecule has 28 nitrogen and oxygen atoms in total. The minimum atomic E-state index is -4.24. The summed E-state index contributed by atoms with van der Waals surface area (Å²) >= 11 is 0. The summed E-state index contributed by atoms with van der Waals surface area (Å²) < 4.78 is 104. The van der Waals surface area contributed by atoms with Gasteiger partial charge in [-0.3, -0.25) is 9.69 Å². The molecule has 6 saturated heterocycles. The molecule has 10 aromatic rings. The van der Waals surface area contributed by atoms with Gasteiger partial charge in [0.05, 0.1) is 37.9 Å². The van der Waals surface area contributed by atoms with Gasteiger partial charge in [0.25, 0.3) is 16.6 Å². The van der Waals surface area contributed by atoms with Gasteiger partial charge < -0.3 is 102 Å². The van der Waals surface area contributed by atoms with E-state index >= 15 is 14.4 Å². The number of hydrogen-bond donors (Lipinski definition) is 6. The molecule has 20 atom stereocenters. The van der Waals surface area contributed by atoms with Crippen LogP contribution in [0.5, 0.6) is 0 Å². The van der Waals surface area contributed by atoms with E-state index in [1.54, 1.807) is 109 Å². The van der Waals surface area contributed by atoms with E-state index in [4.69, 9.17) is 70.7 Å². The van der Waals surface area contributed by atoms with Crippen LogP contribution in [0.25, 0.3) is 0 Å². The lowest BCUT2D eigenvalue weighted by atomic mass is 9.83. The lowest BCUT2D eigenvalue weighted by Crippen LogP contribution is -2.70. The van der Waals surface area contributed by atoms with Gasteiger partial charge in [-0.25, -0.2) is 24.0 Å². The Morgan fingerprint density at radius 3 is 1.44 bits per heavy atom. The highest BCUT2D eigenvalue weighted by atomic mass is 28.4. The van der Waals surface area contributed by atoms with Gasteiger partial charge >= 0.3 is 30.5 Å². The third-order valence-corrected chi connectivity index (χ3v) is 35.2. The van der Waals surface area contributed by atoms with Crippen LogP contribution in [0.2, 0.25) is 10.1 Å². The molecular weight excluding hydrogens is 1720 g/mol. The van der Waals surface area contributed by atoms with E-state index in [-0.39, 0.29) is 59.0 Å². The minimum absolute atomic E-state index is 0.103. The van der Waals surface area contributed by atoms with Crippen molar-refractivity contribution in [2.24, 2.45) is 5.92 Å². The average Bonchev–Trinajstić information content (AvgIpc) is 1.26. The Morgan fingerprint density at radius 2 is 0.924 bits per heavy atom. The van der Waals surface area contributed by atoms with Gasteiger partial charge in [0.2, 0.25) is 0 Å². The van der Waals surface area contributed by atoms with Crippen LogP contribution in [0, 0.1) is 5.92 Å². The molecule has 7 fully saturated rings. The number of carbonyl (C=O) groups is 6. The van der Waals surface area contributed by atoms with Gasteiger partial charge in [-0.1, -0.05) is 338 Å². The first-order valence-electron chi connectivity index (χ1n) is 44.7. The number of rotatable bonds is 29. The zero-order chi connectivity index (χ0) is 91.5. The van der Waals surface area contributed by atoms with Crippen molar-refractivity contribution >= 4 is 73.6 Å². The maximum absolute atomic E-state index is 15.8. The third kappa shape index (κ3) is 20.4. The second-order valence-corrected chi connectivity index (χ2v) is 44.0. The van der Waals surface area contributed by atoms with Crippen molar-refractivity contribution in [1.82, 2.24) is 26.2 Å². The maximum atomic E-state index is 15.8. The Labute approximate surface area is 767 Å². The molecule has 6 aliphatic heterocycles. The van der Waals surface area contributed by atoms with Crippen molar-refractivity contribution in [3.8, 4) is 0 Å². The van der Waals surface area contributed by atoms with Crippen molar-refractivity contribution in [2.45, 2.75) is 201 Å². The number of ketones is 1. The highest BCUT2D eigenvalue weighted by Gasteiger charge is 2.64. The minimum Gasteiger partial charge on any atom is -0.445 e. The van der Waals surface area contributed by atoms with E-state index in [1.165, 1.54) is 4.90 Å². The summed E-state index contributed by atoms with van der Waals surface area (Å²) in [6, 6.07) is 87.2. The van der Waals surface area contributed by atoms with E-state index in [2.05, 4.69) is 42.0 Å². The molecule has 0 aromatic heterocycles. The van der Waals surface area contributed by atoms with Crippen molar-refractivity contribution in [1.29, 1.82) is 0 Å². The van der Waals surface area contributed by atoms with Crippen LogP contribution in [0.1, 0.15) is 93.4 Å². The van der Waals surface area contributed by atoms with Crippen LogP contribution >= 0.6 is 0 Å². The number of aliphatic hydroxyl groups excluding tert-OH is 1. The lowest BCUT2D eigenvalue weighted by Gasteiger charge is -2.51. The SMILES string of the molecule is CC(C)(C[C@H]1[C@H](O[C@@H]2[C@H]3OC(=O)N[C@@H]3C[C@H](NC(=O)OCc3ccccc3)[C@H]2O[C@H]2O[C@@H]3COC(c4ccccc4)O[C@H]3C(=O)[C@H]2NC(=O)OCc2ccccc2)O[C@H](CO[Si](c2ccccc2)(c2ccccc2)C(C)(C)C)[C@H]1O[C@H]1O[C@H]2CN(C(=O)OCc3ccccc3)C(c3ccccc3)O[C@H]2[C@H](O)[C@H]1NC(=O)OCc1ccccc1)[Si](O)(c1ccccc1)c1ccccc1. The Morgan fingerprint density at radius 1 is 0.477 bits per heavy atom. The third-order valence-electron chi connectivity index (χ3n) is 25.7. The fourth-order valence-electron chi connectivity index (χ4n) is 19.2. The first-order chi connectivity index (χ1) is 64.0. The predicted molar refractivity (Wildman–Crippen MR) is 487 cm³/mol. The summed E-state index contributed by atoms with van der Waals surface area (Å²) in [7, 11) is -7.93. The van der Waals surface area contributed by atoms with Crippen LogP contribution in [0.15, 0.2) is 303 Å². The van der Waals surface area contributed by atoms with E-state index in [0.717, 1.165) is 10.4 Å². The van der Waals surface area contributed by atoms with E-state index in [0.29, 0.717) is 43.8 Å². The summed E-state index contributed by atoms with van der Waals surface area (Å²) in [5, 5.41) is 26.5. The van der Waals surface area contributed by atoms with Gasteiger partial charge in [-0.15, -0.1) is 0 Å². The van der Waals surface area contributed by atoms with Gasteiger partial charge in [-0.2, -0.15) is 0 Å². The standard InChI is InChI=1S/C102H109N5O23Si2/c1-101(2,3)132(73-52-32-14-33-53-73,74-54-34-15-35-55-74)121-64-80-85(126-94-81(105-97(111)118-60-66-38-18-7-19-39-66)83(108)88-78(122-94)58-107(91(125-88)69-44-24-10-25-45-69)100(114)120-62-68-42-22-9-23-43-68)75(57-102(4,5)131(115,71-48-28-12-29-49-71)72-50-30-13-31-51-72)93(123-80)129-90-86(76(56-77-87(90)130-99(113)104-77)103-96(110)117-59-65-36-16-6-17-37-65)127-95-82(106-98(112)119-61-67-40-20-8-21-41-67)84(109)89-79(124-95)63-116-92(128-89)70-46-26-11-27-47-70/h6-55,75-83,85-95,108,115H,56-64H2,1-5H3,(H,103,110)(H,104,113)(H,105,111)(H,106,112)/t75-,76+,77-,78+,79-,80-,81-,82-,83-,85+,86-,87+,88-,89-,90+,91?,92?,93+,94-,95-/m1/s1. The van der Waals surface area contributed by atoms with Crippen LogP contribution in [-0.4, -0.2) is 192 Å². The number of Topliss-reactive ketones (excluding diaryl/α,β-unsaturated/α-hetero) is 1. The van der Waals surface area contributed by atoms with Crippen molar-refractivity contribution in [2.75, 3.05) is 19.8 Å². The average molecular weight is 1830 g/mol. The highest BCUT2D eigenvalue weighted by Crippen LogP contribution is 2.51. The molecule has 688 valence electrons. The maximum Gasteiger partial charge on any atom is 0.412 e. The van der Waals surface area contributed by atoms with Crippen LogP contribution < -0.4 is 42.0 Å². The molecule has 10 aromatic carbocycles. The summed E-state index contributed by atoms with van der Waals surface area (Å²) in [6.45, 7) is 8.76. The Bertz CT molecular complexity index is 5410. The summed E-state index contributed by atoms with van der Waals surface area (Å²) in [5.74, 6) is -1.94. The molecule has 5 amide bonds. The molecule has 6 N–H and O–H groups in total. The summed E-state index contributed by atoms with van der Waals surface area (Å²) in [4.78, 5) is 106. The number of nitrogens with one attached hydrogen (secondary N) is 4. The van der Waals surface area contributed by atoms with E-state index in [1.807, 2.05) is 208 Å². The molecule has 0 spiro atoms. The van der Waals surface area contributed by atoms with Gasteiger partial charge in [0.15, 0.2) is 49.4 Å². The van der Waals surface area contributed by atoms with Crippen molar-refractivity contribution < 1.29 is 109 Å². The molecule has 17 rings (SSSR count). The van der Waals surface area contributed by atoms with Gasteiger partial charge in [0.1, 0.15) is 81.2 Å². The molecular formula is C102H109N5O23Si2. The Hall–Kier alpha value is -11.8. The topological polar surface area (TPSA) is 333 Å². The first-order valence-corrected chi connectivity index (χ1v) is 48.5. The largest absolute Gasteiger partial charge is 0.445 e. The number of fused-ring (bicyclic) bond motifs is 3. The van der Waals surface area contributed by atoms with Crippen molar-refractivity contribution in [3.05, 3.63) is 337 Å². The van der Waals surface area contributed by atoms with E-state index in [9.17, 15) is 24.3 Å². The molecule has 2 unspecified atom stereocenters. The van der Waals surface area contributed by atoms with E-state index < -0.39 is 185 Å². The predicted octanol–water partition coefficient (Wildman–Crippen LogP) is 12.0. The number of benzene rings is 10. The number of carbonyl (C=O) groups excluding carboxylic acids is 6. The quantitative estimate of drug-likeness (QED) is 0.0187. The number of nitrogens with zero attached hydrogens (tertiary/aromatic N) is 1. The number of amides is 5. The monoisotopic (exact) mass is 1830 g/mol. The molecule has 7 aliphatic rings. The smallest absolute Gasteiger partial charge is 0.412 e. The number of hydrogen-bond acceptors (Lipinski definition) is 23. The fraction of sp³-hybridized carbons (Fsp3) is 0.353. The summed E-state index contributed by atoms with van der Waals surface area (Å²) in [6.07, 6.45) is -26.7. The normalized spacial score (nSPS) is 27.0. The second-order valence-electron chi connectivity index (χ2n) is 35.8. The second kappa shape index (κ2) is 41.1. The Balaban J connectivity index is 0.821. The zero-order valence-electron chi connectivity index (χ0n) is 73.7. The van der Waals surface area contributed by atoms with Gasteiger partial charge in [0, 0.05) is 17.0 Å². The Kier molecular flexibility index (Phi) is 28.7. The van der Waals surface area contributed by atoms with Crippen molar-refractivity contribution in [3.63, 3.8) is 0 Å². The first kappa shape index (κ1) is 92.0. The summed E-state index contributed by atoms with van der Waals surface area (Å²) in [5.41, 5.74) is 3.78. The number of ether oxygens (including phenoxy) is 14. The molecule has 0 bridgehead atoms. The van der Waals surface area contributed by atoms with Crippen LogP contribution in [0.4, 0.5) is 24.0 Å². The van der Waals surface area contributed by atoms with Crippen LogP contribution in [-0.2, 0) is 102 Å². The molecule has 0 radical (unpaired) electrons. The lowest BCUT2D eigenvalue weighted by molar-refractivity contribution is -0.325. The number of aliphatic hydroxyl groups is 1.